The maximum absolute atomic E-state index is 13.2. The second-order valence-electron chi connectivity index (χ2n) is 10.8. The van der Waals surface area contributed by atoms with Gasteiger partial charge < -0.3 is 23.7 Å². The number of nitrogens with zero attached hydrogens (tertiary/aromatic N) is 2. The van der Waals surface area contributed by atoms with Gasteiger partial charge in [-0.25, -0.2) is 4.79 Å². The summed E-state index contributed by atoms with van der Waals surface area (Å²) >= 11 is 0. The number of carbonyl (C=O) groups excluding carboxylic acids is 1. The van der Waals surface area contributed by atoms with Gasteiger partial charge in [0.05, 0.1) is 37.3 Å². The van der Waals surface area contributed by atoms with Crippen molar-refractivity contribution in [3.63, 3.8) is 0 Å². The van der Waals surface area contributed by atoms with E-state index in [1.807, 2.05) is 12.1 Å². The predicted molar refractivity (Wildman–Crippen MR) is 141 cm³/mol. The van der Waals surface area contributed by atoms with Crippen molar-refractivity contribution < 1.29 is 19.0 Å². The van der Waals surface area contributed by atoms with Crippen LogP contribution in [0.5, 0.6) is 5.75 Å². The highest BCUT2D eigenvalue weighted by atomic mass is 16.6. The minimum atomic E-state index is -0.583. The molecule has 1 unspecified atom stereocenters. The molecule has 1 aromatic carbocycles. The monoisotopic (exact) mass is 494 g/mol. The van der Waals surface area contributed by atoms with Crippen LogP contribution in [-0.4, -0.2) is 55.0 Å². The molecular weight excluding hydrogens is 456 g/mol. The van der Waals surface area contributed by atoms with Gasteiger partial charge in [0, 0.05) is 36.3 Å². The molecule has 36 heavy (non-hydrogen) atoms. The highest BCUT2D eigenvalue weighted by Crippen LogP contribution is 2.37. The Morgan fingerprint density at radius 1 is 1.19 bits per heavy atom. The third kappa shape index (κ3) is 4.81. The van der Waals surface area contributed by atoms with Gasteiger partial charge in [-0.2, -0.15) is 0 Å². The van der Waals surface area contributed by atoms with Gasteiger partial charge in [-0.3, -0.25) is 4.79 Å². The van der Waals surface area contributed by atoms with Gasteiger partial charge in [-0.15, -0.1) is 0 Å². The molecule has 0 spiro atoms. The van der Waals surface area contributed by atoms with E-state index in [9.17, 15) is 9.59 Å². The zero-order valence-electron chi connectivity index (χ0n) is 22.5. The Morgan fingerprint density at radius 2 is 1.92 bits per heavy atom. The van der Waals surface area contributed by atoms with Crippen molar-refractivity contribution >= 4 is 17.2 Å². The molecular formula is C29H38N2O5. The molecule has 0 radical (unpaired) electrons. The number of hydrogen-bond acceptors (Lipinski definition) is 6. The van der Waals surface area contributed by atoms with Gasteiger partial charge in [0.15, 0.2) is 5.43 Å². The topological polar surface area (TPSA) is 70.0 Å². The van der Waals surface area contributed by atoms with E-state index in [4.69, 9.17) is 14.2 Å². The van der Waals surface area contributed by atoms with Crippen LogP contribution in [0.1, 0.15) is 70.1 Å². The number of ether oxygens (including phenoxy) is 3. The molecule has 2 aliphatic heterocycles. The van der Waals surface area contributed by atoms with E-state index in [-0.39, 0.29) is 35.2 Å². The largest absolute Gasteiger partial charge is 0.485 e. The summed E-state index contributed by atoms with van der Waals surface area (Å²) in [6, 6.07) is 7.74. The van der Waals surface area contributed by atoms with Crippen LogP contribution in [0.2, 0.25) is 0 Å². The summed E-state index contributed by atoms with van der Waals surface area (Å²) in [5.74, 6) is 0.246. The lowest BCUT2D eigenvalue weighted by Crippen LogP contribution is -2.47. The standard InChI is InChI=1S/C29H38N2O5/c1-8-18(3)26-20(11-10-12-24(26)36-19-16-34-17-19)27-22-13-23(32)21(28(33)35-9-2)14-31(22)25(15-30(27)7)29(4,5)6/h10-14,19,25H,8-9,15-17H2,1-7H3/b26-18+,27-20-. The van der Waals surface area contributed by atoms with E-state index in [2.05, 4.69) is 57.2 Å². The Kier molecular flexibility index (Phi) is 7.32. The Balaban J connectivity index is 2.07. The highest BCUT2D eigenvalue weighted by Gasteiger charge is 2.35. The molecule has 4 rings (SSSR count). The second kappa shape index (κ2) is 10.1. The molecule has 0 aliphatic carbocycles. The third-order valence-corrected chi connectivity index (χ3v) is 7.12. The number of carbonyl (C=O) groups is 1. The summed E-state index contributed by atoms with van der Waals surface area (Å²) in [7, 11) is 2.07. The summed E-state index contributed by atoms with van der Waals surface area (Å²) in [5.41, 5.74) is 2.56. The normalized spacial score (nSPS) is 20.4. The van der Waals surface area contributed by atoms with Crippen LogP contribution in [-0.2, 0) is 9.47 Å². The first-order chi connectivity index (χ1) is 17.1. The van der Waals surface area contributed by atoms with Crippen LogP contribution in [0.4, 0.5) is 0 Å². The van der Waals surface area contributed by atoms with E-state index in [0.717, 1.165) is 40.5 Å². The van der Waals surface area contributed by atoms with Gasteiger partial charge in [0.25, 0.3) is 0 Å². The van der Waals surface area contributed by atoms with Crippen LogP contribution in [0.25, 0.3) is 11.3 Å². The van der Waals surface area contributed by atoms with E-state index >= 15 is 0 Å². The quantitative estimate of drug-likeness (QED) is 0.595. The summed E-state index contributed by atoms with van der Waals surface area (Å²) in [6.07, 6.45) is 2.61. The summed E-state index contributed by atoms with van der Waals surface area (Å²) < 4.78 is 18.9. The molecule has 1 fully saturated rings. The Hall–Kier alpha value is -3.06. The number of rotatable bonds is 5. The number of pyridine rings is 1. The van der Waals surface area contributed by atoms with Crippen molar-refractivity contribution in [1.82, 2.24) is 9.47 Å². The van der Waals surface area contributed by atoms with Crippen molar-refractivity contribution in [2.75, 3.05) is 33.4 Å². The van der Waals surface area contributed by atoms with E-state index < -0.39 is 5.97 Å². The molecule has 1 aromatic heterocycles. The second-order valence-corrected chi connectivity index (χ2v) is 10.8. The lowest BCUT2D eigenvalue weighted by Gasteiger charge is -2.43. The fourth-order valence-electron chi connectivity index (χ4n) is 4.93. The van der Waals surface area contributed by atoms with E-state index in [1.54, 1.807) is 19.2 Å². The van der Waals surface area contributed by atoms with Gasteiger partial charge in [0.1, 0.15) is 17.4 Å². The molecule has 7 nitrogen and oxygen atoms in total. The summed E-state index contributed by atoms with van der Waals surface area (Å²) in [5, 5.41) is 2.07. The van der Waals surface area contributed by atoms with Crippen LogP contribution >= 0.6 is 0 Å². The Morgan fingerprint density at radius 3 is 2.50 bits per heavy atom. The maximum atomic E-state index is 13.2. The molecule has 1 atom stereocenters. The molecule has 0 saturated carbocycles. The molecule has 7 heteroatoms. The van der Waals surface area contributed by atoms with E-state index in [0.29, 0.717) is 13.2 Å². The van der Waals surface area contributed by atoms with Gasteiger partial charge >= 0.3 is 5.97 Å². The van der Waals surface area contributed by atoms with Crippen LogP contribution in [0.3, 0.4) is 0 Å². The van der Waals surface area contributed by atoms with Gasteiger partial charge in [-0.1, -0.05) is 45.4 Å². The first-order valence-corrected chi connectivity index (χ1v) is 12.8. The molecule has 3 heterocycles. The Labute approximate surface area is 213 Å². The van der Waals surface area contributed by atoms with Crippen molar-refractivity contribution in [2.45, 2.75) is 60.1 Å². The van der Waals surface area contributed by atoms with Gasteiger partial charge in [0.2, 0.25) is 0 Å². The smallest absolute Gasteiger partial charge is 0.343 e. The zero-order valence-corrected chi connectivity index (χ0v) is 22.5. The van der Waals surface area contributed by atoms with Crippen molar-refractivity contribution in [3.8, 4) is 5.75 Å². The van der Waals surface area contributed by atoms with Crippen molar-refractivity contribution in [1.29, 1.82) is 0 Å². The SMILES string of the molecule is CCOC(=O)c1cn2c(cc1=O)/C(=c1\cccc(OC3COC3)\c1=C(/C)CC)N(C)CC2C(C)(C)C. The number of esters is 1. The Bertz CT molecular complexity index is 1330. The van der Waals surface area contributed by atoms with Gasteiger partial charge in [-0.05, 0) is 31.7 Å². The average molecular weight is 495 g/mol. The summed E-state index contributed by atoms with van der Waals surface area (Å²) in [4.78, 5) is 28.0. The molecule has 1 saturated heterocycles. The molecule has 0 bridgehead atoms. The van der Waals surface area contributed by atoms with Crippen LogP contribution < -0.4 is 20.6 Å². The molecule has 2 aliphatic rings. The number of benzene rings is 1. The van der Waals surface area contributed by atoms with E-state index in [1.165, 1.54) is 5.57 Å². The maximum Gasteiger partial charge on any atom is 0.343 e. The minimum Gasteiger partial charge on any atom is -0.485 e. The average Bonchev–Trinajstić information content (AvgIpc) is 2.79. The van der Waals surface area contributed by atoms with Crippen molar-refractivity contribution in [3.05, 3.63) is 62.4 Å². The molecule has 2 aromatic rings. The third-order valence-electron chi connectivity index (χ3n) is 7.12. The van der Waals surface area contributed by atoms with Crippen LogP contribution in [0.15, 0.2) is 35.3 Å². The minimum absolute atomic E-state index is 0.0429. The summed E-state index contributed by atoms with van der Waals surface area (Å²) in [6.45, 7) is 14.7. The number of aromatic nitrogens is 1. The molecule has 0 N–H and O–H groups in total. The number of likely N-dealkylation sites (N-methyl/N-ethyl adjacent to an activating group) is 1. The van der Waals surface area contributed by atoms with Crippen LogP contribution in [0, 0.1) is 5.41 Å². The lowest BCUT2D eigenvalue weighted by atomic mass is 9.84. The molecule has 194 valence electrons. The van der Waals surface area contributed by atoms with Crippen molar-refractivity contribution in [2.24, 2.45) is 5.41 Å². The first kappa shape index (κ1) is 26.0. The lowest BCUT2D eigenvalue weighted by molar-refractivity contribution is -0.0800. The highest BCUT2D eigenvalue weighted by molar-refractivity contribution is 5.89. The number of fused-ring (bicyclic) bond motifs is 1. The fraction of sp³-hybridized carbons (Fsp3) is 0.517. The zero-order chi connectivity index (χ0) is 26.2. The fourth-order valence-corrected chi connectivity index (χ4v) is 4.93. The molecule has 0 amide bonds. The number of hydrogen-bond donors (Lipinski definition) is 0. The first-order valence-electron chi connectivity index (χ1n) is 12.8. The predicted octanol–water partition coefficient (Wildman–Crippen LogP) is 3.07.